The molecule has 0 atom stereocenters. The molecule has 2 aromatic heterocycles. The molecule has 0 radical (unpaired) electrons. The van der Waals surface area contributed by atoms with Crippen LogP contribution in [0.4, 0.5) is 0 Å². The Balaban J connectivity index is 1.46. The van der Waals surface area contributed by atoms with Crippen LogP contribution in [-0.2, 0) is 6.42 Å². The van der Waals surface area contributed by atoms with Crippen molar-refractivity contribution in [2.75, 3.05) is 0 Å². The summed E-state index contributed by atoms with van der Waals surface area (Å²) in [5.74, 6) is 0. The molecule has 1 aliphatic rings. The highest BCUT2D eigenvalue weighted by atomic mass is 15.0. The highest BCUT2D eigenvalue weighted by molar-refractivity contribution is 6.10. The van der Waals surface area contributed by atoms with Gasteiger partial charge in [-0.05, 0) is 78.1 Å². The van der Waals surface area contributed by atoms with Crippen molar-refractivity contribution < 1.29 is 0 Å². The van der Waals surface area contributed by atoms with Crippen LogP contribution in [0.2, 0.25) is 0 Å². The van der Waals surface area contributed by atoms with E-state index in [4.69, 9.17) is 0 Å². The van der Waals surface area contributed by atoms with E-state index in [0.29, 0.717) is 0 Å². The Bertz CT molecular complexity index is 1660. The van der Waals surface area contributed by atoms with E-state index in [1.54, 1.807) is 0 Å². The quantitative estimate of drug-likeness (QED) is 0.300. The van der Waals surface area contributed by atoms with E-state index < -0.39 is 0 Å². The second kappa shape index (κ2) is 6.73. The minimum Gasteiger partial charge on any atom is -0.355 e. The van der Waals surface area contributed by atoms with E-state index >= 15 is 0 Å². The number of hydrogen-bond donors (Lipinski definition) is 1. The number of allylic oxidation sites excluding steroid dienone is 1. The van der Waals surface area contributed by atoms with E-state index in [9.17, 15) is 0 Å². The van der Waals surface area contributed by atoms with Crippen molar-refractivity contribution in [3.05, 3.63) is 108 Å². The van der Waals surface area contributed by atoms with Crippen LogP contribution in [0.25, 0.3) is 55.6 Å². The third-order valence-electron chi connectivity index (χ3n) is 6.80. The van der Waals surface area contributed by atoms with Crippen molar-refractivity contribution in [1.82, 2.24) is 9.55 Å². The molecule has 0 aliphatic heterocycles. The zero-order valence-electron chi connectivity index (χ0n) is 17.7. The summed E-state index contributed by atoms with van der Waals surface area (Å²) in [5, 5.41) is 3.94. The standard InChI is InChI=1S/C30H22N2/c1-2-8-22(9-3-1)32-29-13-7-5-11-24(29)26-19-21(15-17-30(26)32)20-14-16-28-25(18-20)23-10-4-6-12-27(23)31-28/h1-3,5-9,11-19,31H,4,10H2. The Kier molecular flexibility index (Phi) is 3.71. The van der Waals surface area contributed by atoms with E-state index in [-0.39, 0.29) is 0 Å². The number of rotatable bonds is 2. The smallest absolute Gasteiger partial charge is 0.0541 e. The first-order chi connectivity index (χ1) is 15.9. The Morgan fingerprint density at radius 3 is 2.31 bits per heavy atom. The number of fused-ring (bicyclic) bond motifs is 6. The van der Waals surface area contributed by atoms with Crippen molar-refractivity contribution in [3.8, 4) is 16.8 Å². The number of aromatic amines is 1. The molecule has 152 valence electrons. The number of H-pyrrole nitrogens is 1. The zero-order valence-corrected chi connectivity index (χ0v) is 17.7. The van der Waals surface area contributed by atoms with Gasteiger partial charge in [-0.25, -0.2) is 0 Å². The van der Waals surface area contributed by atoms with Gasteiger partial charge in [0.1, 0.15) is 0 Å². The molecule has 0 fully saturated rings. The summed E-state index contributed by atoms with van der Waals surface area (Å²) in [6, 6.07) is 33.1. The number of hydrogen-bond acceptors (Lipinski definition) is 0. The predicted molar refractivity (Wildman–Crippen MR) is 135 cm³/mol. The molecule has 0 saturated carbocycles. The summed E-state index contributed by atoms with van der Waals surface area (Å²) in [5.41, 5.74) is 10.2. The minimum absolute atomic E-state index is 1.11. The predicted octanol–water partition coefficient (Wildman–Crippen LogP) is 7.89. The molecule has 0 saturated heterocycles. The normalized spacial score (nSPS) is 13.2. The fourth-order valence-corrected chi connectivity index (χ4v) is 5.30. The van der Waals surface area contributed by atoms with E-state index in [1.807, 2.05) is 0 Å². The highest BCUT2D eigenvalue weighted by Crippen LogP contribution is 2.36. The van der Waals surface area contributed by atoms with Gasteiger partial charge in [0.2, 0.25) is 0 Å². The summed E-state index contributed by atoms with van der Waals surface area (Å²) in [6.45, 7) is 0. The number of nitrogens with one attached hydrogen (secondary N) is 1. The van der Waals surface area contributed by atoms with Gasteiger partial charge < -0.3 is 9.55 Å². The fraction of sp³-hybridized carbons (Fsp3) is 0.0667. The number of aromatic nitrogens is 2. The van der Waals surface area contributed by atoms with Crippen LogP contribution >= 0.6 is 0 Å². The molecular formula is C30H22N2. The summed E-state index contributed by atoms with van der Waals surface area (Å²) in [4.78, 5) is 3.58. The fourth-order valence-electron chi connectivity index (χ4n) is 5.30. The molecule has 0 bridgehead atoms. The van der Waals surface area contributed by atoms with Gasteiger partial charge in [0.15, 0.2) is 0 Å². The van der Waals surface area contributed by atoms with Gasteiger partial charge in [0.05, 0.1) is 11.0 Å². The number of benzene rings is 4. The Morgan fingerprint density at radius 1 is 0.656 bits per heavy atom. The molecule has 7 rings (SSSR count). The molecule has 1 aliphatic carbocycles. The van der Waals surface area contributed by atoms with Crippen molar-refractivity contribution >= 4 is 38.8 Å². The molecule has 0 spiro atoms. The monoisotopic (exact) mass is 410 g/mol. The average Bonchev–Trinajstić information content (AvgIpc) is 3.39. The first kappa shape index (κ1) is 17.6. The van der Waals surface area contributed by atoms with Gasteiger partial charge in [0, 0.05) is 33.1 Å². The molecule has 4 aromatic carbocycles. The van der Waals surface area contributed by atoms with Gasteiger partial charge in [-0.2, -0.15) is 0 Å². The van der Waals surface area contributed by atoms with E-state index in [1.165, 1.54) is 60.8 Å². The maximum atomic E-state index is 3.58. The van der Waals surface area contributed by atoms with Gasteiger partial charge in [-0.1, -0.05) is 54.6 Å². The molecule has 6 aromatic rings. The number of aryl methyl sites for hydroxylation is 1. The van der Waals surface area contributed by atoms with Crippen LogP contribution in [0.3, 0.4) is 0 Å². The Morgan fingerprint density at radius 2 is 1.41 bits per heavy atom. The lowest BCUT2D eigenvalue weighted by Gasteiger charge is -2.08. The third kappa shape index (κ3) is 2.53. The van der Waals surface area contributed by atoms with Gasteiger partial charge in [-0.15, -0.1) is 0 Å². The molecular weight excluding hydrogens is 388 g/mol. The summed E-state index contributed by atoms with van der Waals surface area (Å²) in [6.07, 6.45) is 6.71. The molecule has 1 N–H and O–H groups in total. The van der Waals surface area contributed by atoms with E-state index in [0.717, 1.165) is 12.8 Å². The van der Waals surface area contributed by atoms with Crippen LogP contribution in [0.5, 0.6) is 0 Å². The summed E-state index contributed by atoms with van der Waals surface area (Å²) in [7, 11) is 0. The Hall–Kier alpha value is -4.04. The van der Waals surface area contributed by atoms with Crippen molar-refractivity contribution in [1.29, 1.82) is 0 Å². The summed E-state index contributed by atoms with van der Waals surface area (Å²) >= 11 is 0. The number of nitrogens with zero attached hydrogens (tertiary/aromatic N) is 1. The molecule has 2 nitrogen and oxygen atoms in total. The van der Waals surface area contributed by atoms with Crippen LogP contribution in [-0.4, -0.2) is 9.55 Å². The van der Waals surface area contributed by atoms with Crippen molar-refractivity contribution in [3.63, 3.8) is 0 Å². The SMILES string of the molecule is C1=Cc2[nH]c3ccc(-c4ccc5c(c4)c4ccccc4n5-c4ccccc4)cc3c2CC1. The van der Waals surface area contributed by atoms with Gasteiger partial charge in [-0.3, -0.25) is 0 Å². The third-order valence-corrected chi connectivity index (χ3v) is 6.80. The lowest BCUT2D eigenvalue weighted by atomic mass is 9.97. The molecule has 0 unspecified atom stereocenters. The lowest BCUT2D eigenvalue weighted by molar-refractivity contribution is 0.992. The molecule has 0 amide bonds. The molecule has 2 heteroatoms. The second-order valence-corrected chi connectivity index (χ2v) is 8.64. The first-order valence-electron chi connectivity index (χ1n) is 11.3. The van der Waals surface area contributed by atoms with Crippen LogP contribution in [0, 0.1) is 0 Å². The molecule has 2 heterocycles. The number of para-hydroxylation sites is 2. The van der Waals surface area contributed by atoms with Crippen LogP contribution < -0.4 is 0 Å². The first-order valence-corrected chi connectivity index (χ1v) is 11.3. The van der Waals surface area contributed by atoms with Crippen molar-refractivity contribution in [2.45, 2.75) is 12.8 Å². The largest absolute Gasteiger partial charge is 0.355 e. The van der Waals surface area contributed by atoms with Gasteiger partial charge in [0.25, 0.3) is 0 Å². The zero-order chi connectivity index (χ0) is 21.1. The lowest BCUT2D eigenvalue weighted by Crippen LogP contribution is -1.92. The highest BCUT2D eigenvalue weighted by Gasteiger charge is 2.15. The second-order valence-electron chi connectivity index (χ2n) is 8.64. The maximum Gasteiger partial charge on any atom is 0.0541 e. The minimum atomic E-state index is 1.11. The summed E-state index contributed by atoms with van der Waals surface area (Å²) < 4.78 is 2.37. The molecule has 32 heavy (non-hydrogen) atoms. The van der Waals surface area contributed by atoms with Crippen molar-refractivity contribution in [2.24, 2.45) is 0 Å². The maximum absolute atomic E-state index is 3.58. The van der Waals surface area contributed by atoms with Gasteiger partial charge >= 0.3 is 0 Å². The topological polar surface area (TPSA) is 20.7 Å². The Labute approximate surface area is 186 Å². The van der Waals surface area contributed by atoms with E-state index in [2.05, 4.69) is 113 Å². The van der Waals surface area contributed by atoms with Crippen LogP contribution in [0.15, 0.2) is 97.1 Å². The van der Waals surface area contributed by atoms with Crippen LogP contribution in [0.1, 0.15) is 17.7 Å². The average molecular weight is 411 g/mol.